The Kier molecular flexibility index (Phi) is 6.11. The number of likely N-dealkylation sites (N-methyl/N-ethyl adjacent to an activating group) is 1. The van der Waals surface area contributed by atoms with Crippen LogP contribution in [0.3, 0.4) is 0 Å². The molecule has 1 aliphatic carbocycles. The summed E-state index contributed by atoms with van der Waals surface area (Å²) in [5, 5.41) is 3.72. The van der Waals surface area contributed by atoms with Gasteiger partial charge in [-0.2, -0.15) is 0 Å². The van der Waals surface area contributed by atoms with Gasteiger partial charge in [0.1, 0.15) is 0 Å². The highest BCUT2D eigenvalue weighted by Gasteiger charge is 2.32. The molecule has 1 saturated carbocycles. The van der Waals surface area contributed by atoms with Crippen LogP contribution in [0.1, 0.15) is 51.6 Å². The maximum Gasteiger partial charge on any atom is 0.0363 e. The van der Waals surface area contributed by atoms with E-state index in [4.69, 9.17) is 0 Å². The maximum absolute atomic E-state index is 3.72. The van der Waals surface area contributed by atoms with Gasteiger partial charge in [-0.15, -0.1) is 0 Å². The van der Waals surface area contributed by atoms with Crippen LogP contribution in [0.15, 0.2) is 18.5 Å². The fourth-order valence-corrected chi connectivity index (χ4v) is 2.87. The Morgan fingerprint density at radius 2 is 2.05 bits per heavy atom. The van der Waals surface area contributed by atoms with Gasteiger partial charge < -0.3 is 14.8 Å². The van der Waals surface area contributed by atoms with Crippen molar-refractivity contribution in [2.24, 2.45) is 5.92 Å². The van der Waals surface area contributed by atoms with Crippen molar-refractivity contribution in [2.75, 3.05) is 26.2 Å². The first kappa shape index (κ1) is 15.6. The van der Waals surface area contributed by atoms with Crippen LogP contribution in [-0.4, -0.2) is 35.6 Å². The first-order valence-corrected chi connectivity index (χ1v) is 8.39. The largest absolute Gasteiger partial charge is 0.353 e. The zero-order chi connectivity index (χ0) is 14.4. The number of rotatable bonds is 10. The summed E-state index contributed by atoms with van der Waals surface area (Å²) < 4.78 is 2.36. The van der Waals surface area contributed by atoms with Gasteiger partial charge in [0.15, 0.2) is 0 Å². The van der Waals surface area contributed by atoms with E-state index in [-0.39, 0.29) is 0 Å². The van der Waals surface area contributed by atoms with E-state index in [1.54, 1.807) is 0 Å². The summed E-state index contributed by atoms with van der Waals surface area (Å²) in [6.45, 7) is 12.4. The van der Waals surface area contributed by atoms with Gasteiger partial charge >= 0.3 is 0 Å². The monoisotopic (exact) mass is 277 g/mol. The van der Waals surface area contributed by atoms with Gasteiger partial charge in [-0.3, -0.25) is 0 Å². The minimum Gasteiger partial charge on any atom is -0.353 e. The molecule has 1 aromatic rings. The van der Waals surface area contributed by atoms with Crippen LogP contribution in [0.25, 0.3) is 0 Å². The van der Waals surface area contributed by atoms with Gasteiger partial charge in [-0.25, -0.2) is 0 Å². The Labute approximate surface area is 124 Å². The van der Waals surface area contributed by atoms with Crippen LogP contribution in [0.2, 0.25) is 0 Å². The van der Waals surface area contributed by atoms with Gasteiger partial charge in [-0.05, 0) is 56.4 Å². The Hall–Kier alpha value is -0.800. The molecule has 0 aromatic carbocycles. The van der Waals surface area contributed by atoms with Crippen molar-refractivity contribution >= 4 is 0 Å². The highest BCUT2D eigenvalue weighted by Crippen LogP contribution is 2.41. The third kappa shape index (κ3) is 4.35. The quantitative estimate of drug-likeness (QED) is 0.708. The highest BCUT2D eigenvalue weighted by molar-refractivity contribution is 5.18. The first-order valence-electron chi connectivity index (χ1n) is 8.39. The molecule has 0 amide bonds. The summed E-state index contributed by atoms with van der Waals surface area (Å²) >= 11 is 0. The van der Waals surface area contributed by atoms with E-state index in [0.29, 0.717) is 6.04 Å². The Morgan fingerprint density at radius 3 is 2.65 bits per heavy atom. The number of nitrogens with zero attached hydrogens (tertiary/aromatic N) is 2. The van der Waals surface area contributed by atoms with Gasteiger partial charge in [0, 0.05) is 31.5 Å². The second-order valence-corrected chi connectivity index (χ2v) is 5.98. The molecule has 20 heavy (non-hydrogen) atoms. The molecule has 1 N–H and O–H groups in total. The van der Waals surface area contributed by atoms with Gasteiger partial charge in [0.25, 0.3) is 0 Å². The zero-order valence-corrected chi connectivity index (χ0v) is 13.4. The molecule has 3 nitrogen and oxygen atoms in total. The standard InChI is InChI=1S/C17H31N3/c1-4-10-18-17(15-7-8-15)16-9-11-20(14-16)13-12-19(5-2)6-3/h9,11,14-15,17-18H,4-8,10,12-13H2,1-3H3. The summed E-state index contributed by atoms with van der Waals surface area (Å²) in [5.74, 6) is 0.875. The molecule has 1 aliphatic rings. The molecule has 0 aliphatic heterocycles. The number of nitrogens with one attached hydrogen (secondary N) is 1. The fraction of sp³-hybridized carbons (Fsp3) is 0.765. The average molecular weight is 277 g/mol. The van der Waals surface area contributed by atoms with Crippen molar-refractivity contribution in [2.45, 2.75) is 52.6 Å². The first-order chi connectivity index (χ1) is 9.78. The van der Waals surface area contributed by atoms with Crippen molar-refractivity contribution in [1.29, 1.82) is 0 Å². The summed E-state index contributed by atoms with van der Waals surface area (Å²) in [5.41, 5.74) is 1.49. The van der Waals surface area contributed by atoms with E-state index in [0.717, 1.165) is 38.6 Å². The van der Waals surface area contributed by atoms with E-state index >= 15 is 0 Å². The van der Waals surface area contributed by atoms with Crippen LogP contribution >= 0.6 is 0 Å². The van der Waals surface area contributed by atoms with Crippen molar-refractivity contribution in [3.63, 3.8) is 0 Å². The van der Waals surface area contributed by atoms with E-state index in [2.05, 4.69) is 54.0 Å². The molecule has 3 heteroatoms. The summed E-state index contributed by atoms with van der Waals surface area (Å²) in [7, 11) is 0. The molecule has 1 heterocycles. The van der Waals surface area contributed by atoms with Crippen LogP contribution < -0.4 is 5.32 Å². The molecule has 0 saturated heterocycles. The maximum atomic E-state index is 3.72. The van der Waals surface area contributed by atoms with Gasteiger partial charge in [-0.1, -0.05) is 20.8 Å². The Balaban J connectivity index is 1.89. The lowest BCUT2D eigenvalue weighted by Gasteiger charge is -2.18. The SMILES string of the molecule is CCCNC(c1ccn(CCN(CC)CC)c1)C1CC1. The summed E-state index contributed by atoms with van der Waals surface area (Å²) in [6, 6.07) is 2.90. The van der Waals surface area contributed by atoms with Crippen molar-refractivity contribution in [3.05, 3.63) is 24.0 Å². The molecule has 0 spiro atoms. The molecule has 1 atom stereocenters. The second-order valence-electron chi connectivity index (χ2n) is 5.98. The topological polar surface area (TPSA) is 20.2 Å². The van der Waals surface area contributed by atoms with E-state index < -0.39 is 0 Å². The smallest absolute Gasteiger partial charge is 0.0363 e. The van der Waals surface area contributed by atoms with Gasteiger partial charge in [0.2, 0.25) is 0 Å². The molecule has 1 aromatic heterocycles. The molecule has 0 radical (unpaired) electrons. The van der Waals surface area contributed by atoms with Crippen molar-refractivity contribution < 1.29 is 0 Å². The number of hydrogen-bond acceptors (Lipinski definition) is 2. The predicted molar refractivity (Wildman–Crippen MR) is 86.0 cm³/mol. The van der Waals surface area contributed by atoms with Crippen molar-refractivity contribution in [3.8, 4) is 0 Å². The number of aromatic nitrogens is 1. The zero-order valence-electron chi connectivity index (χ0n) is 13.4. The second kappa shape index (κ2) is 7.84. The molecule has 114 valence electrons. The van der Waals surface area contributed by atoms with E-state index in [1.165, 1.54) is 24.8 Å². The van der Waals surface area contributed by atoms with Gasteiger partial charge in [0.05, 0.1) is 0 Å². The molecule has 1 fully saturated rings. The highest BCUT2D eigenvalue weighted by atomic mass is 15.1. The molecule has 0 bridgehead atoms. The lowest BCUT2D eigenvalue weighted by atomic mass is 10.1. The third-order valence-electron chi connectivity index (χ3n) is 4.41. The Morgan fingerprint density at radius 1 is 1.30 bits per heavy atom. The Bertz CT molecular complexity index is 377. The average Bonchev–Trinajstić information content (AvgIpc) is 3.20. The minimum atomic E-state index is 0.588. The molecule has 1 unspecified atom stereocenters. The van der Waals surface area contributed by atoms with E-state index in [1.807, 2.05) is 0 Å². The van der Waals surface area contributed by atoms with Crippen LogP contribution in [-0.2, 0) is 6.54 Å². The summed E-state index contributed by atoms with van der Waals surface area (Å²) in [4.78, 5) is 2.48. The molecular formula is C17H31N3. The molecule has 2 rings (SSSR count). The fourth-order valence-electron chi connectivity index (χ4n) is 2.87. The van der Waals surface area contributed by atoms with Crippen LogP contribution in [0, 0.1) is 5.92 Å². The van der Waals surface area contributed by atoms with Crippen molar-refractivity contribution in [1.82, 2.24) is 14.8 Å². The van der Waals surface area contributed by atoms with Crippen LogP contribution in [0.5, 0.6) is 0 Å². The molecular weight excluding hydrogens is 246 g/mol. The van der Waals surface area contributed by atoms with E-state index in [9.17, 15) is 0 Å². The normalized spacial score (nSPS) is 16.8. The third-order valence-corrected chi connectivity index (χ3v) is 4.41. The van der Waals surface area contributed by atoms with Crippen LogP contribution in [0.4, 0.5) is 0 Å². The minimum absolute atomic E-state index is 0.588. The summed E-state index contributed by atoms with van der Waals surface area (Å²) in [6.07, 6.45) is 8.61. The lowest BCUT2D eigenvalue weighted by molar-refractivity contribution is 0.290. The lowest BCUT2D eigenvalue weighted by Crippen LogP contribution is -2.26. The number of hydrogen-bond donors (Lipinski definition) is 1. The predicted octanol–water partition coefficient (Wildman–Crippen LogP) is 3.28.